The van der Waals surface area contributed by atoms with Gasteiger partial charge in [0.25, 0.3) is 5.91 Å². The van der Waals surface area contributed by atoms with Crippen LogP contribution in [0.5, 0.6) is 11.5 Å². The third kappa shape index (κ3) is 5.68. The Hall–Kier alpha value is -2.20. The summed E-state index contributed by atoms with van der Waals surface area (Å²) in [6, 6.07) is 13.2. The third-order valence-electron chi connectivity index (χ3n) is 3.77. The molecule has 25 heavy (non-hydrogen) atoms. The first kappa shape index (κ1) is 19.1. The highest BCUT2D eigenvalue weighted by atomic mass is 35.5. The highest BCUT2D eigenvalue weighted by Gasteiger charge is 2.19. The maximum atomic E-state index is 12.3. The predicted octanol–water partition coefficient (Wildman–Crippen LogP) is 4.31. The summed E-state index contributed by atoms with van der Waals surface area (Å²) in [4.78, 5) is 12.3. The molecule has 2 aromatic rings. The average molecular weight is 362 g/mol. The summed E-state index contributed by atoms with van der Waals surface area (Å²) in [7, 11) is 0. The second-order valence-corrected chi connectivity index (χ2v) is 6.26. The van der Waals surface area contributed by atoms with Crippen LogP contribution in [-0.2, 0) is 4.79 Å². The lowest BCUT2D eigenvalue weighted by atomic mass is 10.1. The maximum Gasteiger partial charge on any atom is 0.261 e. The standard InChI is InChI=1S/C20H24ClNO3/c1-4-17(25-18-8-6-5-7-16(18)21)20(23)22-11-12-24-19-13-14(2)9-10-15(19)3/h5-10,13,17H,4,11-12H2,1-3H3,(H,22,23)/t17-/m1/s1. The van der Waals surface area contributed by atoms with Gasteiger partial charge in [-0.05, 0) is 49.6 Å². The molecule has 0 unspecified atom stereocenters. The SMILES string of the molecule is CC[C@@H](Oc1ccccc1Cl)C(=O)NCCOc1cc(C)ccc1C. The van der Waals surface area contributed by atoms with E-state index in [1.807, 2.05) is 51.1 Å². The minimum absolute atomic E-state index is 0.174. The van der Waals surface area contributed by atoms with E-state index in [1.54, 1.807) is 12.1 Å². The van der Waals surface area contributed by atoms with Crippen LogP contribution >= 0.6 is 11.6 Å². The van der Waals surface area contributed by atoms with E-state index < -0.39 is 6.10 Å². The van der Waals surface area contributed by atoms with E-state index in [4.69, 9.17) is 21.1 Å². The Morgan fingerprint density at radius 3 is 2.64 bits per heavy atom. The Labute approximate surface area is 154 Å². The molecule has 0 radical (unpaired) electrons. The van der Waals surface area contributed by atoms with E-state index in [0.29, 0.717) is 30.3 Å². The summed E-state index contributed by atoms with van der Waals surface area (Å²) < 4.78 is 11.5. The van der Waals surface area contributed by atoms with Gasteiger partial charge in [-0.2, -0.15) is 0 Å². The first-order chi connectivity index (χ1) is 12.0. The number of rotatable bonds is 8. The van der Waals surface area contributed by atoms with Gasteiger partial charge in [-0.25, -0.2) is 0 Å². The number of nitrogens with one attached hydrogen (secondary N) is 1. The Kier molecular flexibility index (Phi) is 7.14. The molecule has 2 rings (SSSR count). The van der Waals surface area contributed by atoms with Crippen LogP contribution in [-0.4, -0.2) is 25.2 Å². The van der Waals surface area contributed by atoms with E-state index in [-0.39, 0.29) is 5.91 Å². The molecular weight excluding hydrogens is 338 g/mol. The number of amides is 1. The molecule has 0 aliphatic heterocycles. The van der Waals surface area contributed by atoms with Crippen molar-refractivity contribution in [2.45, 2.75) is 33.3 Å². The summed E-state index contributed by atoms with van der Waals surface area (Å²) in [6.07, 6.45) is -0.0323. The maximum absolute atomic E-state index is 12.3. The second-order valence-electron chi connectivity index (χ2n) is 5.85. The smallest absolute Gasteiger partial charge is 0.261 e. The number of hydrogen-bond donors (Lipinski definition) is 1. The number of aryl methyl sites for hydroxylation is 2. The van der Waals surface area contributed by atoms with E-state index in [0.717, 1.165) is 16.9 Å². The average Bonchev–Trinajstić information content (AvgIpc) is 2.60. The van der Waals surface area contributed by atoms with E-state index >= 15 is 0 Å². The van der Waals surface area contributed by atoms with Crippen molar-refractivity contribution in [3.63, 3.8) is 0 Å². The van der Waals surface area contributed by atoms with Crippen LogP contribution in [0.15, 0.2) is 42.5 Å². The van der Waals surface area contributed by atoms with Crippen molar-refractivity contribution in [2.24, 2.45) is 0 Å². The monoisotopic (exact) mass is 361 g/mol. The fourth-order valence-corrected chi connectivity index (χ4v) is 2.51. The molecule has 1 amide bonds. The van der Waals surface area contributed by atoms with E-state index in [9.17, 15) is 4.79 Å². The fraction of sp³-hybridized carbons (Fsp3) is 0.350. The minimum Gasteiger partial charge on any atom is -0.491 e. The number of carbonyl (C=O) groups is 1. The molecule has 5 heteroatoms. The second kappa shape index (κ2) is 9.33. The van der Waals surface area contributed by atoms with E-state index in [1.165, 1.54) is 0 Å². The molecule has 0 spiro atoms. The zero-order valence-electron chi connectivity index (χ0n) is 14.8. The van der Waals surface area contributed by atoms with Gasteiger partial charge in [0.2, 0.25) is 0 Å². The topological polar surface area (TPSA) is 47.6 Å². The summed E-state index contributed by atoms with van der Waals surface area (Å²) in [5, 5.41) is 3.34. The number of ether oxygens (including phenoxy) is 2. The quantitative estimate of drug-likeness (QED) is 0.713. The first-order valence-corrected chi connectivity index (χ1v) is 8.78. The summed E-state index contributed by atoms with van der Waals surface area (Å²) >= 11 is 6.08. The highest BCUT2D eigenvalue weighted by molar-refractivity contribution is 6.32. The molecule has 0 heterocycles. The molecular formula is C20H24ClNO3. The van der Waals surface area contributed by atoms with Gasteiger partial charge in [0.1, 0.15) is 18.1 Å². The molecule has 2 aromatic carbocycles. The Morgan fingerprint density at radius 2 is 1.92 bits per heavy atom. The Bertz CT molecular complexity index is 718. The van der Waals surface area contributed by atoms with Gasteiger partial charge >= 0.3 is 0 Å². The van der Waals surface area contributed by atoms with Crippen molar-refractivity contribution in [1.82, 2.24) is 5.32 Å². The molecule has 0 aromatic heterocycles. The highest BCUT2D eigenvalue weighted by Crippen LogP contribution is 2.24. The molecule has 0 saturated carbocycles. The van der Waals surface area contributed by atoms with Crippen LogP contribution in [0.4, 0.5) is 0 Å². The molecule has 134 valence electrons. The summed E-state index contributed by atoms with van der Waals surface area (Å²) in [5.41, 5.74) is 2.22. The zero-order chi connectivity index (χ0) is 18.2. The number of halogens is 1. The lowest BCUT2D eigenvalue weighted by Crippen LogP contribution is -2.39. The lowest BCUT2D eigenvalue weighted by molar-refractivity contribution is -0.128. The molecule has 0 fully saturated rings. The number of para-hydroxylation sites is 1. The van der Waals surface area contributed by atoms with Crippen molar-refractivity contribution in [3.05, 3.63) is 58.6 Å². The van der Waals surface area contributed by atoms with E-state index in [2.05, 4.69) is 5.32 Å². The molecule has 0 saturated heterocycles. The van der Waals surface area contributed by atoms with Gasteiger partial charge in [-0.3, -0.25) is 4.79 Å². The first-order valence-electron chi connectivity index (χ1n) is 8.40. The van der Waals surface area contributed by atoms with Crippen molar-refractivity contribution in [2.75, 3.05) is 13.2 Å². The third-order valence-corrected chi connectivity index (χ3v) is 4.08. The van der Waals surface area contributed by atoms with Crippen LogP contribution < -0.4 is 14.8 Å². The van der Waals surface area contributed by atoms with Crippen molar-refractivity contribution in [3.8, 4) is 11.5 Å². The number of benzene rings is 2. The largest absolute Gasteiger partial charge is 0.491 e. The lowest BCUT2D eigenvalue weighted by Gasteiger charge is -2.18. The van der Waals surface area contributed by atoms with Gasteiger partial charge in [-0.15, -0.1) is 0 Å². The van der Waals surface area contributed by atoms with Crippen molar-refractivity contribution in [1.29, 1.82) is 0 Å². The summed E-state index contributed by atoms with van der Waals surface area (Å²) in [6.45, 7) is 6.73. The Balaban J connectivity index is 1.82. The van der Waals surface area contributed by atoms with Gasteiger partial charge < -0.3 is 14.8 Å². The minimum atomic E-state index is -0.583. The van der Waals surface area contributed by atoms with Gasteiger partial charge in [-0.1, -0.05) is 42.8 Å². The van der Waals surface area contributed by atoms with Crippen LogP contribution in [0.1, 0.15) is 24.5 Å². The zero-order valence-corrected chi connectivity index (χ0v) is 15.6. The molecule has 4 nitrogen and oxygen atoms in total. The van der Waals surface area contributed by atoms with Gasteiger partial charge in [0, 0.05) is 0 Å². The molecule has 0 aliphatic rings. The molecule has 1 N–H and O–H groups in total. The van der Waals surface area contributed by atoms with Crippen LogP contribution in [0, 0.1) is 13.8 Å². The van der Waals surface area contributed by atoms with Crippen LogP contribution in [0.2, 0.25) is 5.02 Å². The van der Waals surface area contributed by atoms with Crippen LogP contribution in [0.3, 0.4) is 0 Å². The normalized spacial score (nSPS) is 11.7. The Morgan fingerprint density at radius 1 is 1.16 bits per heavy atom. The van der Waals surface area contributed by atoms with Gasteiger partial charge in [0.15, 0.2) is 6.10 Å². The van der Waals surface area contributed by atoms with Gasteiger partial charge in [0.05, 0.1) is 11.6 Å². The fourth-order valence-electron chi connectivity index (χ4n) is 2.33. The predicted molar refractivity (Wildman–Crippen MR) is 101 cm³/mol. The van der Waals surface area contributed by atoms with Crippen molar-refractivity contribution >= 4 is 17.5 Å². The number of carbonyl (C=O) groups excluding carboxylic acids is 1. The molecule has 0 aliphatic carbocycles. The number of hydrogen-bond acceptors (Lipinski definition) is 3. The molecule has 1 atom stereocenters. The van der Waals surface area contributed by atoms with Crippen LogP contribution in [0.25, 0.3) is 0 Å². The molecule has 0 bridgehead atoms. The summed E-state index contributed by atoms with van der Waals surface area (Å²) in [5.74, 6) is 1.18. The van der Waals surface area contributed by atoms with Crippen molar-refractivity contribution < 1.29 is 14.3 Å².